The van der Waals surface area contributed by atoms with Crippen molar-refractivity contribution in [1.82, 2.24) is 5.32 Å². The molecule has 0 saturated heterocycles. The van der Waals surface area contributed by atoms with Gasteiger partial charge in [-0.2, -0.15) is 0 Å². The van der Waals surface area contributed by atoms with Crippen LogP contribution in [0.5, 0.6) is 5.75 Å². The predicted molar refractivity (Wildman–Crippen MR) is 89.2 cm³/mol. The van der Waals surface area contributed by atoms with E-state index < -0.39 is 0 Å². The van der Waals surface area contributed by atoms with Gasteiger partial charge in [0, 0.05) is 17.6 Å². The number of rotatable bonds is 4. The molecule has 2 aromatic carbocycles. The van der Waals surface area contributed by atoms with Crippen LogP contribution in [0.3, 0.4) is 0 Å². The maximum absolute atomic E-state index is 11.4. The second-order valence-corrected chi connectivity index (χ2v) is 5.32. The van der Waals surface area contributed by atoms with Crippen molar-refractivity contribution in [2.45, 2.75) is 0 Å². The van der Waals surface area contributed by atoms with Crippen LogP contribution >= 0.6 is 15.9 Å². The van der Waals surface area contributed by atoms with Gasteiger partial charge in [0.1, 0.15) is 5.75 Å². The van der Waals surface area contributed by atoms with Gasteiger partial charge in [-0.3, -0.25) is 4.79 Å². The summed E-state index contributed by atoms with van der Waals surface area (Å²) < 4.78 is 6.31. The normalized spacial score (nSPS) is 10.6. The van der Waals surface area contributed by atoms with Gasteiger partial charge in [-0.25, -0.2) is 0 Å². The lowest BCUT2D eigenvalue weighted by molar-refractivity contribution is -0.115. The third kappa shape index (κ3) is 3.95. The first-order valence-electron chi connectivity index (χ1n) is 6.48. The highest BCUT2D eigenvalue weighted by molar-refractivity contribution is 9.10. The van der Waals surface area contributed by atoms with Gasteiger partial charge in [0.15, 0.2) is 0 Å². The molecule has 0 spiro atoms. The largest absolute Gasteiger partial charge is 0.497 e. The molecule has 0 saturated carbocycles. The molecule has 0 radical (unpaired) electrons. The quantitative estimate of drug-likeness (QED) is 0.853. The van der Waals surface area contributed by atoms with Gasteiger partial charge in [0.05, 0.1) is 7.11 Å². The summed E-state index contributed by atoms with van der Waals surface area (Å²) in [6.07, 6.45) is 3.32. The summed E-state index contributed by atoms with van der Waals surface area (Å²) in [5.74, 6) is 0.651. The van der Waals surface area contributed by atoms with E-state index in [0.717, 1.165) is 26.9 Å². The van der Waals surface area contributed by atoms with Crippen molar-refractivity contribution in [3.05, 3.63) is 58.6 Å². The first kappa shape index (κ1) is 15.3. The number of hydrogen-bond acceptors (Lipinski definition) is 2. The van der Waals surface area contributed by atoms with Crippen LogP contribution in [-0.2, 0) is 4.79 Å². The van der Waals surface area contributed by atoms with Gasteiger partial charge in [0.25, 0.3) is 0 Å². The first-order chi connectivity index (χ1) is 10.1. The number of amides is 1. The molecule has 0 fully saturated rings. The SMILES string of the molecule is CNC(=O)/C=C/c1ccc(OC)cc1-c1ccc(Br)cc1. The smallest absolute Gasteiger partial charge is 0.243 e. The molecule has 0 atom stereocenters. The number of methoxy groups -OCH3 is 1. The minimum absolute atomic E-state index is 0.132. The van der Waals surface area contributed by atoms with Gasteiger partial charge < -0.3 is 10.1 Å². The number of hydrogen-bond donors (Lipinski definition) is 1. The van der Waals surface area contributed by atoms with Crippen LogP contribution in [0.4, 0.5) is 0 Å². The van der Waals surface area contributed by atoms with Gasteiger partial charge in [-0.15, -0.1) is 0 Å². The highest BCUT2D eigenvalue weighted by Gasteiger charge is 2.06. The lowest BCUT2D eigenvalue weighted by Crippen LogP contribution is -2.13. The van der Waals surface area contributed by atoms with E-state index in [9.17, 15) is 4.79 Å². The van der Waals surface area contributed by atoms with Crippen molar-refractivity contribution in [3.8, 4) is 16.9 Å². The van der Waals surface area contributed by atoms with Crippen molar-refractivity contribution >= 4 is 27.9 Å². The van der Waals surface area contributed by atoms with Crippen molar-refractivity contribution in [3.63, 3.8) is 0 Å². The molecule has 1 amide bonds. The zero-order chi connectivity index (χ0) is 15.2. The third-order valence-electron chi connectivity index (χ3n) is 3.08. The molecule has 0 heterocycles. The summed E-state index contributed by atoms with van der Waals surface area (Å²) in [7, 11) is 3.25. The lowest BCUT2D eigenvalue weighted by Gasteiger charge is -2.09. The van der Waals surface area contributed by atoms with E-state index in [4.69, 9.17) is 4.74 Å². The Kier molecular flexibility index (Phi) is 5.17. The maximum atomic E-state index is 11.4. The summed E-state index contributed by atoms with van der Waals surface area (Å²) in [4.78, 5) is 11.4. The van der Waals surface area contributed by atoms with Crippen LogP contribution in [-0.4, -0.2) is 20.1 Å². The van der Waals surface area contributed by atoms with Crippen molar-refractivity contribution in [2.75, 3.05) is 14.2 Å². The molecule has 0 aliphatic carbocycles. The molecule has 21 heavy (non-hydrogen) atoms. The Morgan fingerprint density at radius 2 is 1.90 bits per heavy atom. The minimum Gasteiger partial charge on any atom is -0.497 e. The van der Waals surface area contributed by atoms with Crippen molar-refractivity contribution < 1.29 is 9.53 Å². The Labute approximate surface area is 132 Å². The molecule has 0 aromatic heterocycles. The van der Waals surface area contributed by atoms with Gasteiger partial charge in [-0.05, 0) is 47.0 Å². The fourth-order valence-corrected chi connectivity index (χ4v) is 2.20. The zero-order valence-electron chi connectivity index (χ0n) is 11.9. The molecule has 2 rings (SSSR count). The Hall–Kier alpha value is -2.07. The van der Waals surface area contributed by atoms with Crippen molar-refractivity contribution in [2.24, 2.45) is 0 Å². The number of likely N-dealkylation sites (N-methyl/N-ethyl adjacent to an activating group) is 1. The van der Waals surface area contributed by atoms with E-state index >= 15 is 0 Å². The summed E-state index contributed by atoms with van der Waals surface area (Å²) in [6.45, 7) is 0. The van der Waals surface area contributed by atoms with E-state index in [1.54, 1.807) is 20.2 Å². The van der Waals surface area contributed by atoms with Gasteiger partial charge in [-0.1, -0.05) is 34.1 Å². The van der Waals surface area contributed by atoms with Crippen LogP contribution in [0.25, 0.3) is 17.2 Å². The predicted octanol–water partition coefficient (Wildman–Crippen LogP) is 3.88. The van der Waals surface area contributed by atoms with E-state index in [1.165, 1.54) is 6.08 Å². The van der Waals surface area contributed by atoms with E-state index in [-0.39, 0.29) is 5.91 Å². The second-order valence-electron chi connectivity index (χ2n) is 4.41. The third-order valence-corrected chi connectivity index (χ3v) is 3.61. The van der Waals surface area contributed by atoms with E-state index in [0.29, 0.717) is 0 Å². The summed E-state index contributed by atoms with van der Waals surface area (Å²) in [5, 5.41) is 2.57. The van der Waals surface area contributed by atoms with Crippen LogP contribution in [0.2, 0.25) is 0 Å². The fourth-order valence-electron chi connectivity index (χ4n) is 1.94. The Balaban J connectivity index is 2.47. The summed E-state index contributed by atoms with van der Waals surface area (Å²) in [5.41, 5.74) is 3.04. The first-order valence-corrected chi connectivity index (χ1v) is 7.27. The molecule has 108 valence electrons. The number of ether oxygens (including phenoxy) is 1. The summed E-state index contributed by atoms with van der Waals surface area (Å²) in [6, 6.07) is 13.8. The number of carbonyl (C=O) groups excluding carboxylic acids is 1. The van der Waals surface area contributed by atoms with Crippen LogP contribution in [0.1, 0.15) is 5.56 Å². The molecule has 0 aliphatic rings. The average Bonchev–Trinajstić information content (AvgIpc) is 2.53. The van der Waals surface area contributed by atoms with E-state index in [1.807, 2.05) is 42.5 Å². The highest BCUT2D eigenvalue weighted by Crippen LogP contribution is 2.30. The summed E-state index contributed by atoms with van der Waals surface area (Å²) >= 11 is 3.43. The second kappa shape index (κ2) is 7.09. The topological polar surface area (TPSA) is 38.3 Å². The molecular formula is C17H16BrNO2. The maximum Gasteiger partial charge on any atom is 0.243 e. The number of nitrogens with one attached hydrogen (secondary N) is 1. The van der Waals surface area contributed by atoms with Gasteiger partial charge >= 0.3 is 0 Å². The fraction of sp³-hybridized carbons (Fsp3) is 0.118. The Bertz CT molecular complexity index is 663. The molecular weight excluding hydrogens is 330 g/mol. The minimum atomic E-state index is -0.132. The number of benzene rings is 2. The standard InChI is InChI=1S/C17H16BrNO2/c1-19-17(20)10-6-13-5-9-15(21-2)11-16(13)12-3-7-14(18)8-4-12/h3-11H,1-2H3,(H,19,20)/b10-6+. The highest BCUT2D eigenvalue weighted by atomic mass is 79.9. The zero-order valence-corrected chi connectivity index (χ0v) is 13.5. The molecule has 3 nitrogen and oxygen atoms in total. The van der Waals surface area contributed by atoms with Crippen molar-refractivity contribution in [1.29, 1.82) is 0 Å². The molecule has 4 heteroatoms. The Morgan fingerprint density at radius 3 is 2.52 bits per heavy atom. The van der Waals surface area contributed by atoms with Crippen LogP contribution in [0.15, 0.2) is 53.0 Å². The van der Waals surface area contributed by atoms with E-state index in [2.05, 4.69) is 21.2 Å². The lowest BCUT2D eigenvalue weighted by atomic mass is 9.99. The molecule has 2 aromatic rings. The average molecular weight is 346 g/mol. The molecule has 0 aliphatic heterocycles. The Morgan fingerprint density at radius 1 is 1.19 bits per heavy atom. The van der Waals surface area contributed by atoms with Crippen LogP contribution in [0, 0.1) is 0 Å². The van der Waals surface area contributed by atoms with Crippen LogP contribution < -0.4 is 10.1 Å². The monoisotopic (exact) mass is 345 g/mol. The molecule has 0 bridgehead atoms. The number of carbonyl (C=O) groups is 1. The number of halogens is 1. The molecule has 0 unspecified atom stereocenters. The van der Waals surface area contributed by atoms with Gasteiger partial charge in [0.2, 0.25) is 5.91 Å². The molecule has 1 N–H and O–H groups in total.